The highest BCUT2D eigenvalue weighted by Gasteiger charge is 2.30. The van der Waals surface area contributed by atoms with Gasteiger partial charge in [0, 0.05) is 16.2 Å². The van der Waals surface area contributed by atoms with E-state index in [0.29, 0.717) is 28.6 Å². The third-order valence-electron chi connectivity index (χ3n) is 4.43. The summed E-state index contributed by atoms with van der Waals surface area (Å²) in [7, 11) is 0. The molecule has 4 rings (SSSR count). The summed E-state index contributed by atoms with van der Waals surface area (Å²) >= 11 is 1.38. The number of nitrogens with zero attached hydrogens (tertiary/aromatic N) is 3. The zero-order chi connectivity index (χ0) is 20.4. The number of benzene rings is 2. The van der Waals surface area contributed by atoms with Gasteiger partial charge in [0.15, 0.2) is 10.9 Å². The van der Waals surface area contributed by atoms with E-state index in [1.165, 1.54) is 23.5 Å². The zero-order valence-corrected chi connectivity index (χ0v) is 15.8. The number of thiazole rings is 1. The molecule has 0 saturated heterocycles. The van der Waals surface area contributed by atoms with E-state index in [1.807, 2.05) is 29.6 Å². The third-order valence-corrected chi connectivity index (χ3v) is 5.21. The number of fused-ring (bicyclic) bond motifs is 1. The maximum absolute atomic E-state index is 12.7. The number of nitrogens with one attached hydrogen (secondary N) is 1. The molecule has 1 atom stereocenters. The first kappa shape index (κ1) is 19.3. The molecular weight excluding hydrogens is 399 g/mol. The second kappa shape index (κ2) is 7.76. The van der Waals surface area contributed by atoms with Gasteiger partial charge in [0.1, 0.15) is 0 Å². The Balaban J connectivity index is 1.47. The van der Waals surface area contributed by atoms with Gasteiger partial charge in [-0.15, -0.1) is 16.4 Å². The van der Waals surface area contributed by atoms with Crippen LogP contribution in [0.15, 0.2) is 60.1 Å². The first-order valence-electron chi connectivity index (χ1n) is 8.75. The number of alkyl halides is 3. The molecular formula is C20H16F3N5S. The fraction of sp³-hybridized carbons (Fsp3) is 0.150. The van der Waals surface area contributed by atoms with Crippen molar-refractivity contribution in [3.63, 3.8) is 0 Å². The van der Waals surface area contributed by atoms with E-state index in [1.54, 1.807) is 6.20 Å². The molecule has 0 radical (unpaired) electrons. The number of hydrogen-bond donors (Lipinski definition) is 2. The van der Waals surface area contributed by atoms with Crippen molar-refractivity contribution < 1.29 is 13.2 Å². The van der Waals surface area contributed by atoms with E-state index in [-0.39, 0.29) is 0 Å². The number of rotatable bonds is 5. The molecule has 0 amide bonds. The molecule has 4 aromatic rings. The smallest absolute Gasteiger partial charge is 0.322 e. The first-order chi connectivity index (χ1) is 13.9. The predicted octanol–water partition coefficient (Wildman–Crippen LogP) is 5.09. The molecule has 5 nitrogen and oxygen atoms in total. The summed E-state index contributed by atoms with van der Waals surface area (Å²) in [6.45, 7) is 0. The van der Waals surface area contributed by atoms with Gasteiger partial charge in [0.05, 0.1) is 23.5 Å². The van der Waals surface area contributed by atoms with Gasteiger partial charge in [-0.25, -0.2) is 4.98 Å². The molecule has 0 aliphatic carbocycles. The number of anilines is 2. The highest BCUT2D eigenvalue weighted by Crippen LogP contribution is 2.30. The molecule has 0 aliphatic heterocycles. The van der Waals surface area contributed by atoms with E-state index < -0.39 is 17.8 Å². The third kappa shape index (κ3) is 4.36. The van der Waals surface area contributed by atoms with Gasteiger partial charge in [-0.05, 0) is 24.1 Å². The summed E-state index contributed by atoms with van der Waals surface area (Å²) in [6, 6.07) is 12.3. The minimum absolute atomic E-state index is 0.384. The Morgan fingerprint density at radius 3 is 2.59 bits per heavy atom. The molecule has 0 spiro atoms. The Bertz CT molecular complexity index is 1120. The first-order valence-corrected chi connectivity index (χ1v) is 9.63. The van der Waals surface area contributed by atoms with Crippen LogP contribution in [0.3, 0.4) is 0 Å². The minimum atomic E-state index is -4.35. The van der Waals surface area contributed by atoms with E-state index >= 15 is 0 Å². The van der Waals surface area contributed by atoms with E-state index in [2.05, 4.69) is 20.5 Å². The Morgan fingerprint density at radius 1 is 1.07 bits per heavy atom. The van der Waals surface area contributed by atoms with Gasteiger partial charge in [0.2, 0.25) is 0 Å². The van der Waals surface area contributed by atoms with Crippen LogP contribution < -0.4 is 11.1 Å². The van der Waals surface area contributed by atoms with Crippen molar-refractivity contribution in [1.29, 1.82) is 0 Å². The predicted molar refractivity (Wildman–Crippen MR) is 107 cm³/mol. The molecule has 2 heterocycles. The molecule has 0 bridgehead atoms. The summed E-state index contributed by atoms with van der Waals surface area (Å²) in [5.74, 6) is 0.598. The van der Waals surface area contributed by atoms with Gasteiger partial charge in [-0.1, -0.05) is 36.4 Å². The van der Waals surface area contributed by atoms with Crippen LogP contribution in [0, 0.1) is 0 Å². The van der Waals surface area contributed by atoms with Crippen LogP contribution in [0.2, 0.25) is 0 Å². The highest BCUT2D eigenvalue weighted by molar-refractivity contribution is 7.13. The van der Waals surface area contributed by atoms with Crippen LogP contribution in [-0.4, -0.2) is 15.2 Å². The number of aromatic nitrogens is 3. The van der Waals surface area contributed by atoms with Gasteiger partial charge in [0.25, 0.3) is 0 Å². The van der Waals surface area contributed by atoms with Crippen LogP contribution in [-0.2, 0) is 12.6 Å². The molecule has 29 heavy (non-hydrogen) atoms. The van der Waals surface area contributed by atoms with Crippen LogP contribution in [0.5, 0.6) is 0 Å². The maximum Gasteiger partial charge on any atom is 0.416 e. The highest BCUT2D eigenvalue weighted by atomic mass is 32.1. The largest absolute Gasteiger partial charge is 0.416 e. The fourth-order valence-corrected chi connectivity index (χ4v) is 3.70. The van der Waals surface area contributed by atoms with Crippen molar-refractivity contribution in [2.24, 2.45) is 5.73 Å². The molecule has 2 aromatic carbocycles. The Morgan fingerprint density at radius 2 is 1.83 bits per heavy atom. The molecule has 1 unspecified atom stereocenters. The molecule has 0 fully saturated rings. The zero-order valence-electron chi connectivity index (χ0n) is 15.0. The summed E-state index contributed by atoms with van der Waals surface area (Å²) in [4.78, 5) is 4.50. The monoisotopic (exact) mass is 415 g/mol. The second-order valence-electron chi connectivity index (χ2n) is 6.49. The number of nitrogens with two attached hydrogens (primary N) is 1. The average Bonchev–Trinajstić information content (AvgIpc) is 3.17. The molecule has 0 aliphatic rings. The lowest BCUT2D eigenvalue weighted by molar-refractivity contribution is -0.137. The SMILES string of the molecule is NC(Cc1ccc(C(F)(F)F)cc1)c1csc(Nc2nncc3ccccc23)n1. The van der Waals surface area contributed by atoms with Gasteiger partial charge in [-0.2, -0.15) is 18.3 Å². The Labute approximate surface area is 168 Å². The topological polar surface area (TPSA) is 76.7 Å². The van der Waals surface area contributed by atoms with Crippen molar-refractivity contribution >= 4 is 33.1 Å². The summed E-state index contributed by atoms with van der Waals surface area (Å²) in [6.07, 6.45) is -2.27. The standard InChI is InChI=1S/C20H16F3N5S/c21-20(22,23)14-7-5-12(6-8-14)9-16(24)17-11-29-19(26-17)27-18-15-4-2-1-3-13(15)10-25-28-18/h1-8,10-11,16H,9,24H2,(H,26,27,28). The van der Waals surface area contributed by atoms with Crippen molar-refractivity contribution in [3.8, 4) is 0 Å². The van der Waals surface area contributed by atoms with Crippen LogP contribution >= 0.6 is 11.3 Å². The molecule has 0 saturated carbocycles. The van der Waals surface area contributed by atoms with E-state index in [9.17, 15) is 13.2 Å². The minimum Gasteiger partial charge on any atom is -0.322 e. The van der Waals surface area contributed by atoms with Crippen LogP contribution in [0.4, 0.5) is 24.1 Å². The summed E-state index contributed by atoms with van der Waals surface area (Å²) in [5, 5.41) is 15.6. The average molecular weight is 415 g/mol. The van der Waals surface area contributed by atoms with Crippen molar-refractivity contribution in [1.82, 2.24) is 15.2 Å². The van der Waals surface area contributed by atoms with E-state index in [4.69, 9.17) is 5.73 Å². The van der Waals surface area contributed by atoms with Gasteiger partial charge < -0.3 is 11.1 Å². The van der Waals surface area contributed by atoms with E-state index in [0.717, 1.165) is 22.9 Å². The number of halogens is 3. The lowest BCUT2D eigenvalue weighted by Crippen LogP contribution is -2.14. The molecule has 148 valence electrons. The molecule has 2 aromatic heterocycles. The Hall–Kier alpha value is -3.04. The lowest BCUT2D eigenvalue weighted by atomic mass is 10.0. The van der Waals surface area contributed by atoms with Crippen molar-refractivity contribution in [2.75, 3.05) is 5.32 Å². The van der Waals surface area contributed by atoms with Crippen LogP contribution in [0.25, 0.3) is 10.8 Å². The summed E-state index contributed by atoms with van der Waals surface area (Å²) in [5.41, 5.74) is 6.91. The van der Waals surface area contributed by atoms with Gasteiger partial charge >= 0.3 is 6.18 Å². The van der Waals surface area contributed by atoms with Gasteiger partial charge in [-0.3, -0.25) is 0 Å². The van der Waals surface area contributed by atoms with Crippen molar-refractivity contribution in [3.05, 3.63) is 76.9 Å². The lowest BCUT2D eigenvalue weighted by Gasteiger charge is -2.11. The number of hydrogen-bond acceptors (Lipinski definition) is 6. The second-order valence-corrected chi connectivity index (χ2v) is 7.35. The Kier molecular flexibility index (Phi) is 5.16. The molecule has 9 heteroatoms. The van der Waals surface area contributed by atoms with Crippen molar-refractivity contribution in [2.45, 2.75) is 18.6 Å². The molecule has 3 N–H and O–H groups in total. The van der Waals surface area contributed by atoms with Crippen LogP contribution in [0.1, 0.15) is 22.9 Å². The fourth-order valence-electron chi connectivity index (χ4n) is 2.92. The maximum atomic E-state index is 12.7. The quantitative estimate of drug-likeness (QED) is 0.475. The summed E-state index contributed by atoms with van der Waals surface area (Å²) < 4.78 is 38.0. The normalized spacial score (nSPS) is 12.8.